The molecule has 0 amide bonds. The van der Waals surface area contributed by atoms with Gasteiger partial charge in [0.1, 0.15) is 5.58 Å². The Balaban J connectivity index is 1.53. The van der Waals surface area contributed by atoms with Gasteiger partial charge in [-0.1, -0.05) is 30.3 Å². The zero-order valence-corrected chi connectivity index (χ0v) is 12.0. The van der Waals surface area contributed by atoms with Gasteiger partial charge < -0.3 is 19.5 Å². The topological polar surface area (TPSA) is 56.8 Å². The van der Waals surface area contributed by atoms with Crippen molar-refractivity contribution in [2.24, 2.45) is 0 Å². The van der Waals surface area contributed by atoms with Crippen molar-refractivity contribution in [3.63, 3.8) is 0 Å². The van der Waals surface area contributed by atoms with E-state index in [9.17, 15) is 10.2 Å². The van der Waals surface area contributed by atoms with Crippen molar-refractivity contribution in [3.8, 4) is 0 Å². The van der Waals surface area contributed by atoms with E-state index in [0.29, 0.717) is 11.5 Å². The van der Waals surface area contributed by atoms with Crippen LogP contribution in [0.3, 0.4) is 0 Å². The van der Waals surface area contributed by atoms with Crippen LogP contribution >= 0.6 is 0 Å². The van der Waals surface area contributed by atoms with Crippen molar-refractivity contribution < 1.29 is 14.6 Å². The van der Waals surface area contributed by atoms with Crippen molar-refractivity contribution >= 4 is 16.7 Å². The molecule has 1 aliphatic rings. The van der Waals surface area contributed by atoms with Gasteiger partial charge in [-0.2, -0.15) is 0 Å². The molecule has 2 heterocycles. The molecule has 3 aromatic rings. The average Bonchev–Trinajstić information content (AvgIpc) is 2.90. The zero-order chi connectivity index (χ0) is 15.1. The Bertz CT molecular complexity index is 788. The molecule has 4 rings (SSSR count). The Morgan fingerprint density at radius 1 is 1.00 bits per heavy atom. The van der Waals surface area contributed by atoms with Crippen LogP contribution in [0.2, 0.25) is 0 Å². The maximum Gasteiger partial charge on any atom is 0.212 e. The number of aliphatic hydroxyl groups is 2. The number of aliphatic hydroxyl groups excluding tert-OH is 1. The summed E-state index contributed by atoms with van der Waals surface area (Å²) in [7, 11) is 0. The van der Waals surface area contributed by atoms with E-state index in [1.165, 1.54) is 5.56 Å². The molecule has 1 aromatic heterocycles. The van der Waals surface area contributed by atoms with Gasteiger partial charge in [0.15, 0.2) is 5.76 Å². The molecule has 4 heteroatoms. The Morgan fingerprint density at radius 3 is 2.50 bits per heavy atom. The van der Waals surface area contributed by atoms with Gasteiger partial charge in [-0.3, -0.25) is 0 Å². The third kappa shape index (κ3) is 2.26. The first-order valence-electron chi connectivity index (χ1n) is 7.40. The van der Waals surface area contributed by atoms with Gasteiger partial charge >= 0.3 is 0 Å². The van der Waals surface area contributed by atoms with Gasteiger partial charge in [-0.15, -0.1) is 0 Å². The lowest BCUT2D eigenvalue weighted by Crippen LogP contribution is -2.44. The fraction of sp³-hybridized carbons (Fsp3) is 0.222. The van der Waals surface area contributed by atoms with Crippen LogP contribution in [-0.2, 0) is 0 Å². The summed E-state index contributed by atoms with van der Waals surface area (Å²) in [5, 5.41) is 19.2. The monoisotopic (exact) mass is 295 g/mol. The maximum absolute atomic E-state index is 9.17. The second kappa shape index (κ2) is 5.16. The number of benzene rings is 2. The molecular formula is C18H17NO3. The van der Waals surface area contributed by atoms with Gasteiger partial charge in [0, 0.05) is 36.1 Å². The summed E-state index contributed by atoms with van der Waals surface area (Å²) in [6, 6.07) is 18.2. The number of anilines is 1. The Hall–Kier alpha value is -2.30. The predicted octanol–water partition coefficient (Wildman–Crippen LogP) is 3.02. The lowest BCUT2D eigenvalue weighted by Gasteiger charge is -2.41. The first kappa shape index (κ1) is 13.4. The lowest BCUT2D eigenvalue weighted by molar-refractivity contribution is -0.0571. The molecule has 0 spiro atoms. The molecule has 1 saturated heterocycles. The van der Waals surface area contributed by atoms with Crippen LogP contribution < -0.4 is 4.90 Å². The highest BCUT2D eigenvalue weighted by atomic mass is 16.5. The third-order valence-electron chi connectivity index (χ3n) is 4.29. The van der Waals surface area contributed by atoms with Crippen molar-refractivity contribution in [1.82, 2.24) is 0 Å². The average molecular weight is 295 g/mol. The number of rotatable bonds is 3. The molecule has 2 aromatic carbocycles. The second-order valence-corrected chi connectivity index (χ2v) is 5.76. The molecule has 0 saturated carbocycles. The van der Waals surface area contributed by atoms with E-state index in [2.05, 4.69) is 29.2 Å². The van der Waals surface area contributed by atoms with E-state index >= 15 is 0 Å². The molecule has 0 atom stereocenters. The van der Waals surface area contributed by atoms with Crippen LogP contribution in [-0.4, -0.2) is 23.3 Å². The maximum atomic E-state index is 9.17. The van der Waals surface area contributed by atoms with Crippen molar-refractivity contribution in [3.05, 3.63) is 65.9 Å². The predicted molar refractivity (Wildman–Crippen MR) is 84.8 cm³/mol. The van der Waals surface area contributed by atoms with Gasteiger partial charge in [0.2, 0.25) is 6.29 Å². The molecule has 0 radical (unpaired) electrons. The molecule has 22 heavy (non-hydrogen) atoms. The summed E-state index contributed by atoms with van der Waals surface area (Å²) in [5.41, 5.74) is 3.17. The third-order valence-corrected chi connectivity index (χ3v) is 4.29. The van der Waals surface area contributed by atoms with Crippen LogP contribution in [0.5, 0.6) is 0 Å². The molecular weight excluding hydrogens is 278 g/mol. The molecule has 1 aliphatic heterocycles. The highest BCUT2D eigenvalue weighted by molar-refractivity contribution is 5.82. The van der Waals surface area contributed by atoms with Crippen molar-refractivity contribution in [2.75, 3.05) is 18.0 Å². The standard InChI is InChI=1S/C18H17NO3/c20-18(21)17-8-13-6-7-15(9-16(13)22-17)19-10-14(11-19)12-4-2-1-3-5-12/h1-9,14,18,20-21H,10-11H2. The SMILES string of the molecule is OC(O)c1cc2ccc(N3CC(c4ccccc4)C3)cc2o1. The first-order chi connectivity index (χ1) is 10.7. The van der Waals surface area contributed by atoms with Crippen LogP contribution in [0.1, 0.15) is 23.5 Å². The first-order valence-corrected chi connectivity index (χ1v) is 7.40. The van der Waals surface area contributed by atoms with E-state index in [1.807, 2.05) is 24.3 Å². The molecule has 0 unspecified atom stereocenters. The highest BCUT2D eigenvalue weighted by Gasteiger charge is 2.28. The summed E-state index contributed by atoms with van der Waals surface area (Å²) in [6.45, 7) is 1.98. The smallest absolute Gasteiger partial charge is 0.212 e. The number of fused-ring (bicyclic) bond motifs is 1. The van der Waals surface area contributed by atoms with E-state index in [1.54, 1.807) is 6.07 Å². The quantitative estimate of drug-likeness (QED) is 0.729. The minimum absolute atomic E-state index is 0.179. The normalized spacial score (nSPS) is 15.5. The molecule has 0 aliphatic carbocycles. The number of furan rings is 1. The van der Waals surface area contributed by atoms with Gasteiger partial charge in [0.25, 0.3) is 0 Å². The van der Waals surface area contributed by atoms with E-state index in [0.717, 1.165) is 24.2 Å². The summed E-state index contributed by atoms with van der Waals surface area (Å²) in [5.74, 6) is 0.751. The van der Waals surface area contributed by atoms with Crippen molar-refractivity contribution in [2.45, 2.75) is 12.2 Å². The molecule has 0 bridgehead atoms. The fourth-order valence-corrected chi connectivity index (χ4v) is 2.99. The Kier molecular flexibility index (Phi) is 3.13. The van der Waals surface area contributed by atoms with Crippen LogP contribution in [0.25, 0.3) is 11.0 Å². The van der Waals surface area contributed by atoms with Crippen LogP contribution in [0.15, 0.2) is 59.0 Å². The Labute approximate surface area is 128 Å². The number of hydrogen-bond acceptors (Lipinski definition) is 4. The van der Waals surface area contributed by atoms with Gasteiger partial charge in [-0.05, 0) is 23.8 Å². The summed E-state index contributed by atoms with van der Waals surface area (Å²) >= 11 is 0. The molecule has 2 N–H and O–H groups in total. The minimum Gasteiger partial charge on any atom is -0.456 e. The van der Waals surface area contributed by atoms with E-state index in [-0.39, 0.29) is 5.76 Å². The van der Waals surface area contributed by atoms with E-state index < -0.39 is 6.29 Å². The molecule has 112 valence electrons. The number of hydrogen-bond donors (Lipinski definition) is 2. The summed E-state index contributed by atoms with van der Waals surface area (Å²) < 4.78 is 5.47. The molecule has 4 nitrogen and oxygen atoms in total. The summed E-state index contributed by atoms with van der Waals surface area (Å²) in [4.78, 5) is 2.30. The number of nitrogens with zero attached hydrogens (tertiary/aromatic N) is 1. The lowest BCUT2D eigenvalue weighted by atomic mass is 9.91. The highest BCUT2D eigenvalue weighted by Crippen LogP contribution is 2.34. The van der Waals surface area contributed by atoms with Gasteiger partial charge in [-0.25, -0.2) is 0 Å². The fourth-order valence-electron chi connectivity index (χ4n) is 2.99. The summed E-state index contributed by atoms with van der Waals surface area (Å²) in [6.07, 6.45) is -1.57. The van der Waals surface area contributed by atoms with Gasteiger partial charge in [0.05, 0.1) is 0 Å². The van der Waals surface area contributed by atoms with Crippen molar-refractivity contribution in [1.29, 1.82) is 0 Å². The second-order valence-electron chi connectivity index (χ2n) is 5.76. The largest absolute Gasteiger partial charge is 0.456 e. The Morgan fingerprint density at radius 2 is 1.77 bits per heavy atom. The van der Waals surface area contributed by atoms with Crippen LogP contribution in [0, 0.1) is 0 Å². The van der Waals surface area contributed by atoms with E-state index in [4.69, 9.17) is 4.42 Å². The zero-order valence-electron chi connectivity index (χ0n) is 12.0. The molecule has 1 fully saturated rings. The minimum atomic E-state index is -1.57. The van der Waals surface area contributed by atoms with Crippen LogP contribution in [0.4, 0.5) is 5.69 Å².